The minimum Gasteiger partial charge on any atom is -0.370 e. The zero-order valence-electron chi connectivity index (χ0n) is 11.0. The van der Waals surface area contributed by atoms with Crippen LogP contribution in [0.3, 0.4) is 0 Å². The zero-order chi connectivity index (χ0) is 13.8. The van der Waals surface area contributed by atoms with Gasteiger partial charge >= 0.3 is 0 Å². The molecule has 19 heavy (non-hydrogen) atoms. The van der Waals surface area contributed by atoms with E-state index in [0.717, 1.165) is 18.8 Å². The molecule has 0 aliphatic heterocycles. The van der Waals surface area contributed by atoms with Gasteiger partial charge < -0.3 is 4.74 Å². The van der Waals surface area contributed by atoms with E-state index in [1.165, 1.54) is 30.6 Å². The van der Waals surface area contributed by atoms with Crippen LogP contribution in [0.25, 0.3) is 0 Å². The van der Waals surface area contributed by atoms with E-state index in [1.807, 2.05) is 0 Å². The molecule has 0 N–H and O–H groups in total. The van der Waals surface area contributed by atoms with Crippen LogP contribution in [0.1, 0.15) is 49.4 Å². The number of carbonyl (C=O) groups is 1. The molecule has 2 atom stereocenters. The van der Waals surface area contributed by atoms with Crippen molar-refractivity contribution in [2.24, 2.45) is 5.92 Å². The van der Waals surface area contributed by atoms with Crippen LogP contribution in [0.5, 0.6) is 0 Å². The average Bonchev–Trinajstić information content (AvgIpc) is 2.75. The minimum absolute atomic E-state index is 0.0771. The van der Waals surface area contributed by atoms with Gasteiger partial charge in [-0.2, -0.15) is 0 Å². The highest BCUT2D eigenvalue weighted by Gasteiger charge is 2.23. The van der Waals surface area contributed by atoms with Crippen LogP contribution < -0.4 is 0 Å². The van der Waals surface area contributed by atoms with Crippen molar-refractivity contribution in [1.29, 1.82) is 0 Å². The number of carbonyl (C=O) groups excluding carboxylic acids is 1. The van der Waals surface area contributed by atoms with Gasteiger partial charge in [-0.05, 0) is 24.8 Å². The van der Waals surface area contributed by atoms with Gasteiger partial charge in [0.2, 0.25) is 0 Å². The Hall–Kier alpha value is -0.0900. The Morgan fingerprint density at radius 3 is 2.89 bits per heavy atom. The molecular formula is C14H18Cl2O2S. The first-order chi connectivity index (χ1) is 9.10. The van der Waals surface area contributed by atoms with Crippen LogP contribution in [0, 0.1) is 5.92 Å². The van der Waals surface area contributed by atoms with E-state index in [0.29, 0.717) is 14.2 Å². The lowest BCUT2D eigenvalue weighted by Crippen LogP contribution is -2.25. The van der Waals surface area contributed by atoms with Crippen molar-refractivity contribution in [2.75, 3.05) is 6.61 Å². The highest BCUT2D eigenvalue weighted by atomic mass is 35.5. The summed E-state index contributed by atoms with van der Waals surface area (Å²) in [6.45, 7) is 2.32. The van der Waals surface area contributed by atoms with E-state index in [1.54, 1.807) is 6.07 Å². The number of rotatable bonds is 5. The molecule has 1 aliphatic carbocycles. The Kier molecular flexibility index (Phi) is 5.70. The average molecular weight is 321 g/mol. The molecule has 1 fully saturated rings. The first kappa shape index (κ1) is 15.3. The van der Waals surface area contributed by atoms with E-state index in [9.17, 15) is 4.79 Å². The van der Waals surface area contributed by atoms with Crippen LogP contribution in [0.4, 0.5) is 0 Å². The molecule has 1 aliphatic rings. The molecule has 0 spiro atoms. The van der Waals surface area contributed by atoms with Crippen molar-refractivity contribution >= 4 is 40.3 Å². The monoisotopic (exact) mass is 320 g/mol. The third-order valence-electron chi connectivity index (χ3n) is 3.72. The molecular weight excluding hydrogens is 303 g/mol. The maximum atomic E-state index is 12.0. The van der Waals surface area contributed by atoms with Gasteiger partial charge in [-0.3, -0.25) is 4.79 Å². The molecule has 1 aromatic heterocycles. The van der Waals surface area contributed by atoms with Gasteiger partial charge in [-0.1, -0.05) is 49.4 Å². The third kappa shape index (κ3) is 4.19. The molecule has 0 amide bonds. The van der Waals surface area contributed by atoms with Gasteiger partial charge in [0.1, 0.15) is 10.9 Å². The molecule has 0 bridgehead atoms. The SMILES string of the molecule is CCC1CCCC(OCC(=O)c2cc(Cl)sc2Cl)C1. The molecule has 2 nitrogen and oxygen atoms in total. The van der Waals surface area contributed by atoms with Crippen molar-refractivity contribution < 1.29 is 9.53 Å². The number of ketones is 1. The fourth-order valence-corrected chi connectivity index (χ4v) is 4.06. The van der Waals surface area contributed by atoms with Gasteiger partial charge in [-0.15, -0.1) is 11.3 Å². The van der Waals surface area contributed by atoms with Gasteiger partial charge in [-0.25, -0.2) is 0 Å². The summed E-state index contributed by atoms with van der Waals surface area (Å²) >= 11 is 13.0. The lowest BCUT2D eigenvalue weighted by molar-refractivity contribution is 0.0157. The summed E-state index contributed by atoms with van der Waals surface area (Å²) in [6, 6.07) is 1.62. The molecule has 1 aromatic rings. The fraction of sp³-hybridized carbons (Fsp3) is 0.643. The Balaban J connectivity index is 1.85. The van der Waals surface area contributed by atoms with E-state index >= 15 is 0 Å². The van der Waals surface area contributed by atoms with E-state index < -0.39 is 0 Å². The topological polar surface area (TPSA) is 26.3 Å². The standard InChI is InChI=1S/C14H18Cl2O2S/c1-2-9-4-3-5-10(6-9)18-8-12(17)11-7-13(15)19-14(11)16/h7,9-10H,2-6,8H2,1H3. The summed E-state index contributed by atoms with van der Waals surface area (Å²) < 4.78 is 6.74. The highest BCUT2D eigenvalue weighted by Crippen LogP contribution is 2.32. The van der Waals surface area contributed by atoms with Crippen molar-refractivity contribution in [3.8, 4) is 0 Å². The summed E-state index contributed by atoms with van der Waals surface area (Å²) in [7, 11) is 0. The minimum atomic E-state index is -0.0771. The van der Waals surface area contributed by atoms with Crippen molar-refractivity contribution in [3.05, 3.63) is 20.3 Å². The van der Waals surface area contributed by atoms with Gasteiger partial charge in [0.05, 0.1) is 16.0 Å². The van der Waals surface area contributed by atoms with Crippen molar-refractivity contribution in [1.82, 2.24) is 0 Å². The van der Waals surface area contributed by atoms with Crippen molar-refractivity contribution in [2.45, 2.75) is 45.1 Å². The smallest absolute Gasteiger partial charge is 0.190 e. The molecule has 2 rings (SSSR count). The number of Topliss-reactive ketones (excluding diaryl/α,β-unsaturated/α-hetero) is 1. The van der Waals surface area contributed by atoms with E-state index in [4.69, 9.17) is 27.9 Å². The predicted molar refractivity (Wildman–Crippen MR) is 80.7 cm³/mol. The second-order valence-electron chi connectivity index (χ2n) is 5.03. The Morgan fingerprint density at radius 2 is 2.26 bits per heavy atom. The number of thiophene rings is 1. The first-order valence-electron chi connectivity index (χ1n) is 6.69. The largest absolute Gasteiger partial charge is 0.370 e. The lowest BCUT2D eigenvalue weighted by atomic mass is 9.85. The van der Waals surface area contributed by atoms with Gasteiger partial charge in [0, 0.05) is 0 Å². The zero-order valence-corrected chi connectivity index (χ0v) is 13.3. The summed E-state index contributed by atoms with van der Waals surface area (Å²) in [5.41, 5.74) is 0.486. The maximum Gasteiger partial charge on any atom is 0.190 e. The molecule has 2 unspecified atom stereocenters. The highest BCUT2D eigenvalue weighted by molar-refractivity contribution is 7.20. The third-order valence-corrected chi connectivity index (χ3v) is 5.21. The Labute approximate surface area is 128 Å². The van der Waals surface area contributed by atoms with Crippen molar-refractivity contribution in [3.63, 3.8) is 0 Å². The van der Waals surface area contributed by atoms with Crippen LogP contribution >= 0.6 is 34.5 Å². The molecule has 106 valence electrons. The molecule has 0 aromatic carbocycles. The van der Waals surface area contributed by atoms with Gasteiger partial charge in [0.25, 0.3) is 0 Å². The van der Waals surface area contributed by atoms with Crippen LogP contribution in [-0.4, -0.2) is 18.5 Å². The quantitative estimate of drug-likeness (QED) is 0.695. The normalized spacial score (nSPS) is 23.5. The van der Waals surface area contributed by atoms with Crippen LogP contribution in [-0.2, 0) is 4.74 Å². The Morgan fingerprint density at radius 1 is 1.47 bits per heavy atom. The number of halogens is 2. The molecule has 1 saturated carbocycles. The summed E-state index contributed by atoms with van der Waals surface area (Å²) in [4.78, 5) is 12.0. The Bertz CT molecular complexity index is 445. The van der Waals surface area contributed by atoms with Crippen LogP contribution in [0.15, 0.2) is 6.07 Å². The second-order valence-corrected chi connectivity index (χ2v) is 7.32. The predicted octanol–water partition coefficient (Wildman–Crippen LogP) is 5.22. The fourth-order valence-electron chi connectivity index (χ4n) is 2.57. The second kappa shape index (κ2) is 7.07. The summed E-state index contributed by atoms with van der Waals surface area (Å²) in [6.07, 6.45) is 6.03. The molecule has 0 saturated heterocycles. The lowest BCUT2D eigenvalue weighted by Gasteiger charge is -2.28. The number of ether oxygens (including phenoxy) is 1. The van der Waals surface area contributed by atoms with E-state index in [-0.39, 0.29) is 18.5 Å². The molecule has 1 heterocycles. The number of hydrogen-bond acceptors (Lipinski definition) is 3. The summed E-state index contributed by atoms with van der Waals surface area (Å²) in [5.74, 6) is 0.666. The molecule has 0 radical (unpaired) electrons. The van der Waals surface area contributed by atoms with Gasteiger partial charge in [0.15, 0.2) is 5.78 Å². The van der Waals surface area contributed by atoms with E-state index in [2.05, 4.69) is 6.92 Å². The first-order valence-corrected chi connectivity index (χ1v) is 8.27. The van der Waals surface area contributed by atoms with Crippen LogP contribution in [0.2, 0.25) is 8.67 Å². The summed E-state index contributed by atoms with van der Waals surface area (Å²) in [5, 5.41) is 0. The maximum absolute atomic E-state index is 12.0. The number of hydrogen-bond donors (Lipinski definition) is 0. The molecule has 5 heteroatoms.